The third-order valence-corrected chi connectivity index (χ3v) is 5.83. The van der Waals surface area contributed by atoms with Gasteiger partial charge in [0, 0.05) is 52.2 Å². The summed E-state index contributed by atoms with van der Waals surface area (Å²) >= 11 is 0. The fourth-order valence-corrected chi connectivity index (χ4v) is 4.43. The Morgan fingerprint density at radius 3 is 2.87 bits per heavy atom. The number of halogens is 3. The molecule has 1 aromatic heterocycles. The molecule has 30 heavy (non-hydrogen) atoms. The van der Waals surface area contributed by atoms with E-state index in [-0.39, 0.29) is 48.5 Å². The third kappa shape index (κ3) is 5.52. The molecule has 0 aliphatic carbocycles. The van der Waals surface area contributed by atoms with Crippen molar-refractivity contribution in [3.63, 3.8) is 0 Å². The molecule has 2 fully saturated rings. The summed E-state index contributed by atoms with van der Waals surface area (Å²) in [5.74, 6) is 0.926. The fraction of sp³-hybridized carbons (Fsp3) is 0.524. The molecule has 9 heteroatoms. The molecule has 0 spiro atoms. The van der Waals surface area contributed by atoms with E-state index in [2.05, 4.69) is 15.2 Å². The molecule has 2 saturated heterocycles. The number of carbonyl (C=O) groups is 1. The standard InChI is InChI=1S/C21H28FN5O.2ClH/c1-25-10-8-24-20(25)19-13-23-7-11-27(19)21(28)17-5-3-9-26(15-17)14-16-4-2-6-18(22)12-16;;/h2,4,6,8,10,12,17,19,23H,3,5,7,9,11,13-15H2,1H3;2*1H. The largest absolute Gasteiger partial charge is 0.336 e. The molecule has 4 rings (SSSR count). The number of hydrogen-bond donors (Lipinski definition) is 1. The molecule has 0 radical (unpaired) electrons. The predicted molar refractivity (Wildman–Crippen MR) is 119 cm³/mol. The van der Waals surface area contributed by atoms with Crippen molar-refractivity contribution in [3.05, 3.63) is 53.9 Å². The van der Waals surface area contributed by atoms with Gasteiger partial charge in [-0.3, -0.25) is 9.69 Å². The highest BCUT2D eigenvalue weighted by Gasteiger charge is 2.35. The fourth-order valence-electron chi connectivity index (χ4n) is 4.43. The first kappa shape index (κ1) is 24.6. The van der Waals surface area contributed by atoms with E-state index in [1.54, 1.807) is 18.3 Å². The van der Waals surface area contributed by atoms with Gasteiger partial charge in [0.2, 0.25) is 5.91 Å². The second-order valence-corrected chi connectivity index (χ2v) is 7.85. The van der Waals surface area contributed by atoms with Crippen molar-refractivity contribution in [2.45, 2.75) is 25.4 Å². The Bertz CT molecular complexity index is 833. The van der Waals surface area contributed by atoms with Gasteiger partial charge in [0.25, 0.3) is 0 Å². The number of aromatic nitrogens is 2. The highest BCUT2D eigenvalue weighted by Crippen LogP contribution is 2.27. The number of carbonyl (C=O) groups excluding carboxylic acids is 1. The molecule has 0 saturated carbocycles. The number of piperidine rings is 1. The van der Waals surface area contributed by atoms with Gasteiger partial charge in [0.15, 0.2) is 0 Å². The Morgan fingerprint density at radius 2 is 2.13 bits per heavy atom. The topological polar surface area (TPSA) is 53.4 Å². The van der Waals surface area contributed by atoms with Crippen LogP contribution in [-0.2, 0) is 18.4 Å². The number of likely N-dealkylation sites (tertiary alicyclic amines) is 1. The Balaban J connectivity index is 0.00000160. The van der Waals surface area contributed by atoms with Crippen LogP contribution >= 0.6 is 24.8 Å². The Morgan fingerprint density at radius 1 is 1.30 bits per heavy atom. The minimum absolute atomic E-state index is 0. The first-order chi connectivity index (χ1) is 13.6. The number of aryl methyl sites for hydroxylation is 1. The average molecular weight is 458 g/mol. The first-order valence-electron chi connectivity index (χ1n) is 10.1. The monoisotopic (exact) mass is 457 g/mol. The van der Waals surface area contributed by atoms with E-state index >= 15 is 0 Å². The number of amides is 1. The van der Waals surface area contributed by atoms with Crippen LogP contribution in [0.2, 0.25) is 0 Å². The molecular weight excluding hydrogens is 428 g/mol. The van der Waals surface area contributed by atoms with E-state index in [0.29, 0.717) is 13.1 Å². The number of benzene rings is 1. The van der Waals surface area contributed by atoms with Crippen molar-refractivity contribution >= 4 is 30.7 Å². The number of piperazine rings is 1. The second kappa shape index (κ2) is 11.1. The minimum atomic E-state index is -0.208. The summed E-state index contributed by atoms with van der Waals surface area (Å²) in [6, 6.07) is 6.71. The number of nitrogens with one attached hydrogen (secondary N) is 1. The van der Waals surface area contributed by atoms with Crippen LogP contribution in [0.3, 0.4) is 0 Å². The predicted octanol–water partition coefficient (Wildman–Crippen LogP) is 2.79. The minimum Gasteiger partial charge on any atom is -0.336 e. The zero-order valence-corrected chi connectivity index (χ0v) is 18.8. The summed E-state index contributed by atoms with van der Waals surface area (Å²) in [5.41, 5.74) is 0.959. The smallest absolute Gasteiger partial charge is 0.227 e. The van der Waals surface area contributed by atoms with Gasteiger partial charge >= 0.3 is 0 Å². The summed E-state index contributed by atoms with van der Waals surface area (Å²) in [6.07, 6.45) is 5.61. The van der Waals surface area contributed by atoms with Gasteiger partial charge in [-0.2, -0.15) is 0 Å². The molecule has 1 aromatic carbocycles. The van der Waals surface area contributed by atoms with Crippen LogP contribution in [0.15, 0.2) is 36.7 Å². The maximum Gasteiger partial charge on any atom is 0.227 e. The lowest BCUT2D eigenvalue weighted by Crippen LogP contribution is -2.53. The van der Waals surface area contributed by atoms with E-state index in [4.69, 9.17) is 0 Å². The molecule has 1 N–H and O–H groups in total. The van der Waals surface area contributed by atoms with Crippen LogP contribution in [0.4, 0.5) is 4.39 Å². The third-order valence-electron chi connectivity index (χ3n) is 5.83. The van der Waals surface area contributed by atoms with Crippen molar-refractivity contribution < 1.29 is 9.18 Å². The first-order valence-corrected chi connectivity index (χ1v) is 10.1. The summed E-state index contributed by atoms with van der Waals surface area (Å²) in [4.78, 5) is 22.2. The molecule has 1 amide bonds. The van der Waals surface area contributed by atoms with Gasteiger partial charge in [-0.25, -0.2) is 9.37 Å². The zero-order chi connectivity index (χ0) is 19.5. The molecule has 0 bridgehead atoms. The van der Waals surface area contributed by atoms with Gasteiger partial charge in [0.05, 0.1) is 5.92 Å². The number of imidazole rings is 1. The maximum atomic E-state index is 13.5. The van der Waals surface area contributed by atoms with Crippen molar-refractivity contribution in [2.24, 2.45) is 13.0 Å². The Hall–Kier alpha value is -1.67. The molecule has 2 atom stereocenters. The summed E-state index contributed by atoms with van der Waals surface area (Å²) in [5, 5.41) is 3.39. The van der Waals surface area contributed by atoms with Crippen LogP contribution in [0.25, 0.3) is 0 Å². The summed E-state index contributed by atoms with van der Waals surface area (Å²) in [6.45, 7) is 4.61. The van der Waals surface area contributed by atoms with Crippen molar-refractivity contribution in [1.82, 2.24) is 24.7 Å². The molecule has 166 valence electrons. The average Bonchev–Trinajstić information content (AvgIpc) is 3.13. The van der Waals surface area contributed by atoms with Crippen molar-refractivity contribution in [1.29, 1.82) is 0 Å². The van der Waals surface area contributed by atoms with E-state index < -0.39 is 0 Å². The number of hydrogen-bond acceptors (Lipinski definition) is 4. The second-order valence-electron chi connectivity index (χ2n) is 7.85. The van der Waals surface area contributed by atoms with Crippen molar-refractivity contribution in [3.8, 4) is 0 Å². The molecule has 2 aromatic rings. The normalized spacial score (nSPS) is 22.1. The van der Waals surface area contributed by atoms with Gasteiger partial charge in [-0.15, -0.1) is 24.8 Å². The SMILES string of the molecule is Cl.Cl.Cn1ccnc1C1CNCCN1C(=O)C1CCCN(Cc2cccc(F)c2)C1. The lowest BCUT2D eigenvalue weighted by atomic mass is 9.95. The molecule has 6 nitrogen and oxygen atoms in total. The molecule has 2 unspecified atom stereocenters. The lowest BCUT2D eigenvalue weighted by molar-refractivity contribution is -0.141. The Labute approximate surface area is 189 Å². The van der Waals surface area contributed by atoms with Crippen LogP contribution < -0.4 is 5.32 Å². The Kier molecular flexibility index (Phi) is 9.09. The van der Waals surface area contributed by atoms with Gasteiger partial charge < -0.3 is 14.8 Å². The zero-order valence-electron chi connectivity index (χ0n) is 17.2. The van der Waals surface area contributed by atoms with Gasteiger partial charge in [0.1, 0.15) is 17.7 Å². The van der Waals surface area contributed by atoms with E-state index in [9.17, 15) is 9.18 Å². The van der Waals surface area contributed by atoms with E-state index in [1.807, 2.05) is 28.8 Å². The maximum absolute atomic E-state index is 13.5. The highest BCUT2D eigenvalue weighted by atomic mass is 35.5. The number of rotatable bonds is 4. The quantitative estimate of drug-likeness (QED) is 0.766. The van der Waals surface area contributed by atoms with Crippen LogP contribution in [-0.4, -0.2) is 58.0 Å². The van der Waals surface area contributed by atoms with Crippen LogP contribution in [0.5, 0.6) is 0 Å². The van der Waals surface area contributed by atoms with E-state index in [1.165, 1.54) is 6.07 Å². The highest BCUT2D eigenvalue weighted by molar-refractivity contribution is 5.85. The van der Waals surface area contributed by atoms with Crippen LogP contribution in [0, 0.1) is 11.7 Å². The van der Waals surface area contributed by atoms with Crippen LogP contribution in [0.1, 0.15) is 30.3 Å². The van der Waals surface area contributed by atoms with Gasteiger partial charge in [-0.1, -0.05) is 12.1 Å². The molecule has 2 aliphatic rings. The van der Waals surface area contributed by atoms with E-state index in [0.717, 1.165) is 50.4 Å². The molecule has 2 aliphatic heterocycles. The lowest BCUT2D eigenvalue weighted by Gasteiger charge is -2.40. The summed E-state index contributed by atoms with van der Waals surface area (Å²) in [7, 11) is 1.97. The number of nitrogens with zero attached hydrogens (tertiary/aromatic N) is 4. The summed E-state index contributed by atoms with van der Waals surface area (Å²) < 4.78 is 15.5. The molecule has 3 heterocycles. The van der Waals surface area contributed by atoms with Crippen molar-refractivity contribution in [2.75, 3.05) is 32.7 Å². The van der Waals surface area contributed by atoms with Gasteiger partial charge in [-0.05, 0) is 37.1 Å². The molecular formula is C21H30Cl2FN5O.